The number of aromatic amines is 1. The van der Waals surface area contributed by atoms with Crippen LogP contribution in [0.4, 0.5) is 19.1 Å². The number of nitrogens with one attached hydrogen (secondary N) is 2. The van der Waals surface area contributed by atoms with Crippen molar-refractivity contribution in [1.82, 2.24) is 29.8 Å². The quantitative estimate of drug-likeness (QED) is 0.706. The molecule has 0 aliphatic heterocycles. The first-order valence-corrected chi connectivity index (χ1v) is 8.57. The van der Waals surface area contributed by atoms with Crippen LogP contribution in [0, 0.1) is 5.92 Å². The third-order valence-electron chi connectivity index (χ3n) is 4.48. The van der Waals surface area contributed by atoms with Gasteiger partial charge in [-0.2, -0.15) is 27.8 Å². The Labute approximate surface area is 152 Å². The number of alkyl halides is 3. The van der Waals surface area contributed by atoms with E-state index in [2.05, 4.69) is 30.6 Å². The molecule has 2 atom stereocenters. The lowest BCUT2D eigenvalue weighted by molar-refractivity contribution is -0.197. The summed E-state index contributed by atoms with van der Waals surface area (Å²) in [6.45, 7) is 3.72. The van der Waals surface area contributed by atoms with Crippen molar-refractivity contribution in [2.75, 3.05) is 5.32 Å². The molecular formula is C16H18F3N7O. The summed E-state index contributed by atoms with van der Waals surface area (Å²) < 4.78 is 46.1. The molecule has 1 aliphatic rings. The third-order valence-corrected chi connectivity index (χ3v) is 4.48. The van der Waals surface area contributed by atoms with Crippen molar-refractivity contribution >= 4 is 11.6 Å². The summed E-state index contributed by atoms with van der Waals surface area (Å²) in [5.74, 6) is -0.862. The van der Waals surface area contributed by atoms with Crippen LogP contribution in [-0.4, -0.2) is 48.1 Å². The SMILES string of the molecule is CC(C)Oc1c(-c2cn[nH]c2)ncn2nc(N[C@H]3CC[C@@H]3C(F)(F)F)nc12. The van der Waals surface area contributed by atoms with Gasteiger partial charge in [-0.05, 0) is 26.7 Å². The average Bonchev–Trinajstić information content (AvgIpc) is 3.19. The van der Waals surface area contributed by atoms with Crippen LogP contribution in [-0.2, 0) is 0 Å². The molecule has 0 bridgehead atoms. The molecule has 0 unspecified atom stereocenters. The molecule has 1 fully saturated rings. The van der Waals surface area contributed by atoms with Gasteiger partial charge in [0.15, 0.2) is 5.75 Å². The van der Waals surface area contributed by atoms with Crippen molar-refractivity contribution in [3.8, 4) is 17.0 Å². The zero-order valence-electron chi connectivity index (χ0n) is 14.7. The Balaban J connectivity index is 1.69. The molecule has 8 nitrogen and oxygen atoms in total. The molecular weight excluding hydrogens is 363 g/mol. The maximum atomic E-state index is 13.0. The van der Waals surface area contributed by atoms with Crippen molar-refractivity contribution in [3.63, 3.8) is 0 Å². The molecule has 1 saturated carbocycles. The number of halogens is 3. The second kappa shape index (κ2) is 6.39. The number of hydrogen-bond donors (Lipinski definition) is 2. The molecule has 0 spiro atoms. The molecule has 0 saturated heterocycles. The van der Waals surface area contributed by atoms with E-state index >= 15 is 0 Å². The lowest BCUT2D eigenvalue weighted by Gasteiger charge is -2.37. The summed E-state index contributed by atoms with van der Waals surface area (Å²) in [4.78, 5) is 8.70. The van der Waals surface area contributed by atoms with Crippen LogP contribution >= 0.6 is 0 Å². The Morgan fingerprint density at radius 3 is 2.74 bits per heavy atom. The minimum Gasteiger partial charge on any atom is -0.485 e. The first kappa shape index (κ1) is 17.6. The van der Waals surface area contributed by atoms with Crippen LogP contribution in [0.15, 0.2) is 18.7 Å². The summed E-state index contributed by atoms with van der Waals surface area (Å²) in [6, 6.07) is -0.724. The maximum Gasteiger partial charge on any atom is 0.393 e. The van der Waals surface area contributed by atoms with Crippen molar-refractivity contribution < 1.29 is 17.9 Å². The fourth-order valence-corrected chi connectivity index (χ4v) is 3.06. The highest BCUT2D eigenvalue weighted by atomic mass is 19.4. The van der Waals surface area contributed by atoms with Gasteiger partial charge in [0.1, 0.15) is 12.0 Å². The Morgan fingerprint density at radius 2 is 2.15 bits per heavy atom. The van der Waals surface area contributed by atoms with E-state index in [1.807, 2.05) is 13.8 Å². The number of hydrogen-bond acceptors (Lipinski definition) is 6. The molecule has 144 valence electrons. The van der Waals surface area contributed by atoms with Gasteiger partial charge in [-0.1, -0.05) is 0 Å². The lowest BCUT2D eigenvalue weighted by Crippen LogP contribution is -2.46. The molecule has 3 aromatic heterocycles. The molecule has 2 N–H and O–H groups in total. The van der Waals surface area contributed by atoms with Crippen molar-refractivity contribution in [3.05, 3.63) is 18.7 Å². The number of ether oxygens (including phenoxy) is 1. The van der Waals surface area contributed by atoms with E-state index in [0.717, 1.165) is 0 Å². The molecule has 0 radical (unpaired) electrons. The molecule has 3 aromatic rings. The van der Waals surface area contributed by atoms with Gasteiger partial charge in [0, 0.05) is 17.8 Å². The van der Waals surface area contributed by atoms with E-state index in [1.165, 1.54) is 10.8 Å². The van der Waals surface area contributed by atoms with E-state index in [9.17, 15) is 13.2 Å². The highest BCUT2D eigenvalue weighted by Gasteiger charge is 2.50. The van der Waals surface area contributed by atoms with Gasteiger partial charge in [-0.15, -0.1) is 5.10 Å². The normalized spacial score (nSPS) is 20.1. The third kappa shape index (κ3) is 3.28. The van der Waals surface area contributed by atoms with Gasteiger partial charge in [0.05, 0.1) is 18.2 Å². The van der Waals surface area contributed by atoms with E-state index < -0.39 is 18.1 Å². The van der Waals surface area contributed by atoms with E-state index in [-0.39, 0.29) is 18.5 Å². The number of aromatic nitrogens is 6. The Morgan fingerprint density at radius 1 is 1.33 bits per heavy atom. The fourth-order valence-electron chi connectivity index (χ4n) is 3.06. The lowest BCUT2D eigenvalue weighted by atomic mass is 9.79. The van der Waals surface area contributed by atoms with Crippen molar-refractivity contribution in [2.45, 2.75) is 45.0 Å². The summed E-state index contributed by atoms with van der Waals surface area (Å²) in [6.07, 6.45) is 0.879. The number of H-pyrrole nitrogens is 1. The predicted molar refractivity (Wildman–Crippen MR) is 90.3 cm³/mol. The average molecular weight is 381 g/mol. The molecule has 1 aliphatic carbocycles. The molecule has 0 amide bonds. The van der Waals surface area contributed by atoms with Crippen molar-refractivity contribution in [1.29, 1.82) is 0 Å². The number of anilines is 1. The Hall–Kier alpha value is -2.85. The second-order valence-corrected chi connectivity index (χ2v) is 6.76. The zero-order chi connectivity index (χ0) is 19.2. The second-order valence-electron chi connectivity index (χ2n) is 6.76. The number of fused-ring (bicyclic) bond motifs is 1. The predicted octanol–water partition coefficient (Wildman–Crippen LogP) is 3.05. The van der Waals surface area contributed by atoms with Crippen LogP contribution in [0.1, 0.15) is 26.7 Å². The van der Waals surface area contributed by atoms with Gasteiger partial charge in [-0.25, -0.2) is 4.98 Å². The minimum absolute atomic E-state index is 0.114. The van der Waals surface area contributed by atoms with Crippen LogP contribution in [0.2, 0.25) is 0 Å². The molecule has 11 heteroatoms. The van der Waals surface area contributed by atoms with Crippen LogP contribution < -0.4 is 10.1 Å². The standard InChI is InChI=1S/C16H18F3N7O/c1-8(2)27-13-12(9-5-21-22-6-9)20-7-26-14(13)24-15(25-26)23-11-4-3-10(11)16(17,18)19/h5-8,10-11H,3-4H2,1-2H3,(H,21,22)(H,23,25)/t10-,11-/m0/s1. The van der Waals surface area contributed by atoms with Crippen LogP contribution in [0.25, 0.3) is 16.9 Å². The van der Waals surface area contributed by atoms with Gasteiger partial charge in [0.25, 0.3) is 0 Å². The number of rotatable bonds is 5. The summed E-state index contributed by atoms with van der Waals surface area (Å²) in [7, 11) is 0. The van der Waals surface area contributed by atoms with Gasteiger partial charge in [0.2, 0.25) is 11.6 Å². The molecule has 0 aromatic carbocycles. The monoisotopic (exact) mass is 381 g/mol. The molecule has 27 heavy (non-hydrogen) atoms. The highest BCUT2D eigenvalue weighted by Crippen LogP contribution is 2.42. The first-order valence-electron chi connectivity index (χ1n) is 8.57. The zero-order valence-corrected chi connectivity index (χ0v) is 14.7. The smallest absolute Gasteiger partial charge is 0.393 e. The van der Waals surface area contributed by atoms with E-state index in [0.29, 0.717) is 29.1 Å². The van der Waals surface area contributed by atoms with E-state index in [4.69, 9.17) is 4.74 Å². The summed E-state index contributed by atoms with van der Waals surface area (Å²) in [5, 5.41) is 13.6. The van der Waals surface area contributed by atoms with Gasteiger partial charge in [-0.3, -0.25) is 5.10 Å². The summed E-state index contributed by atoms with van der Waals surface area (Å²) >= 11 is 0. The molecule has 3 heterocycles. The van der Waals surface area contributed by atoms with Crippen LogP contribution in [0.3, 0.4) is 0 Å². The van der Waals surface area contributed by atoms with Gasteiger partial charge < -0.3 is 10.1 Å². The maximum absolute atomic E-state index is 13.0. The Kier molecular flexibility index (Phi) is 4.16. The van der Waals surface area contributed by atoms with Gasteiger partial charge >= 0.3 is 6.18 Å². The Bertz CT molecular complexity index is 936. The topological polar surface area (TPSA) is 93.0 Å². The number of nitrogens with zero attached hydrogens (tertiary/aromatic N) is 5. The highest BCUT2D eigenvalue weighted by molar-refractivity contribution is 5.73. The first-order chi connectivity index (χ1) is 12.8. The van der Waals surface area contributed by atoms with E-state index in [1.54, 1.807) is 12.4 Å². The summed E-state index contributed by atoms with van der Waals surface area (Å²) in [5.41, 5.74) is 1.61. The van der Waals surface area contributed by atoms with Crippen LogP contribution in [0.5, 0.6) is 5.75 Å². The largest absolute Gasteiger partial charge is 0.485 e. The van der Waals surface area contributed by atoms with Crippen molar-refractivity contribution in [2.24, 2.45) is 5.92 Å². The molecule has 4 rings (SSSR count). The fraction of sp³-hybridized carbons (Fsp3) is 0.500. The minimum atomic E-state index is -4.23.